The SMILES string of the molecule is CC(C)C#Cc1ccc([C@@H](CO)C(=O)N[C@H](C)c2ccccc2)cc1. The zero-order valence-corrected chi connectivity index (χ0v) is 15.0. The maximum atomic E-state index is 12.6. The van der Waals surface area contributed by atoms with Crippen LogP contribution in [0, 0.1) is 17.8 Å². The Morgan fingerprint density at radius 1 is 1.00 bits per heavy atom. The van der Waals surface area contributed by atoms with Crippen LogP contribution in [-0.2, 0) is 4.79 Å². The summed E-state index contributed by atoms with van der Waals surface area (Å²) < 4.78 is 0. The van der Waals surface area contributed by atoms with E-state index in [4.69, 9.17) is 0 Å². The lowest BCUT2D eigenvalue weighted by molar-refractivity contribution is -0.124. The Kier molecular flexibility index (Phi) is 6.80. The van der Waals surface area contributed by atoms with E-state index in [2.05, 4.69) is 17.2 Å². The molecule has 0 aliphatic heterocycles. The lowest BCUT2D eigenvalue weighted by Crippen LogP contribution is -2.33. The van der Waals surface area contributed by atoms with E-state index in [0.717, 1.165) is 16.7 Å². The van der Waals surface area contributed by atoms with Gasteiger partial charge in [-0.05, 0) is 30.2 Å². The molecule has 3 nitrogen and oxygen atoms in total. The van der Waals surface area contributed by atoms with Crippen molar-refractivity contribution in [3.8, 4) is 11.8 Å². The van der Waals surface area contributed by atoms with E-state index in [1.165, 1.54) is 0 Å². The van der Waals surface area contributed by atoms with Crippen LogP contribution in [0.4, 0.5) is 0 Å². The van der Waals surface area contributed by atoms with E-state index >= 15 is 0 Å². The monoisotopic (exact) mass is 335 g/mol. The number of aliphatic hydroxyl groups excluding tert-OH is 1. The number of hydrogen-bond acceptors (Lipinski definition) is 2. The van der Waals surface area contributed by atoms with Gasteiger partial charge in [-0.1, -0.05) is 68.2 Å². The largest absolute Gasteiger partial charge is 0.395 e. The highest BCUT2D eigenvalue weighted by Crippen LogP contribution is 2.19. The number of carbonyl (C=O) groups is 1. The molecule has 3 heteroatoms. The zero-order valence-electron chi connectivity index (χ0n) is 15.0. The van der Waals surface area contributed by atoms with Crippen LogP contribution >= 0.6 is 0 Å². The van der Waals surface area contributed by atoms with Crippen LogP contribution in [0.5, 0.6) is 0 Å². The third-order valence-electron chi connectivity index (χ3n) is 3.98. The molecule has 0 spiro atoms. The highest BCUT2D eigenvalue weighted by atomic mass is 16.3. The van der Waals surface area contributed by atoms with E-state index in [1.54, 1.807) is 0 Å². The molecular weight excluding hydrogens is 310 g/mol. The summed E-state index contributed by atoms with van der Waals surface area (Å²) in [6.45, 7) is 5.79. The lowest BCUT2D eigenvalue weighted by atomic mass is 9.97. The zero-order chi connectivity index (χ0) is 18.2. The fourth-order valence-corrected chi connectivity index (χ4v) is 2.51. The van der Waals surface area contributed by atoms with Gasteiger partial charge >= 0.3 is 0 Å². The van der Waals surface area contributed by atoms with Gasteiger partial charge in [0.2, 0.25) is 5.91 Å². The minimum absolute atomic E-state index is 0.112. The van der Waals surface area contributed by atoms with Crippen molar-refractivity contribution in [2.24, 2.45) is 5.92 Å². The molecular formula is C22H25NO2. The molecule has 0 fully saturated rings. The molecule has 0 aliphatic carbocycles. The average molecular weight is 335 g/mol. The molecule has 0 aliphatic rings. The molecule has 0 aromatic heterocycles. The van der Waals surface area contributed by atoms with Gasteiger partial charge in [-0.15, -0.1) is 0 Å². The normalized spacial score (nSPS) is 12.8. The van der Waals surface area contributed by atoms with E-state index in [9.17, 15) is 9.90 Å². The van der Waals surface area contributed by atoms with Gasteiger partial charge in [0.05, 0.1) is 18.6 Å². The lowest BCUT2D eigenvalue weighted by Gasteiger charge is -2.19. The summed E-state index contributed by atoms with van der Waals surface area (Å²) in [4.78, 5) is 12.6. The third-order valence-corrected chi connectivity index (χ3v) is 3.98. The minimum atomic E-state index is -0.585. The molecule has 0 radical (unpaired) electrons. The molecule has 2 aromatic rings. The summed E-state index contributed by atoms with van der Waals surface area (Å²) in [6, 6.07) is 17.2. The van der Waals surface area contributed by atoms with Crippen molar-refractivity contribution in [3.05, 3.63) is 71.3 Å². The van der Waals surface area contributed by atoms with Gasteiger partial charge < -0.3 is 10.4 Å². The number of rotatable bonds is 5. The first-order valence-electron chi connectivity index (χ1n) is 8.59. The summed E-state index contributed by atoms with van der Waals surface area (Å²) in [5, 5.41) is 12.7. The molecule has 0 bridgehead atoms. The van der Waals surface area contributed by atoms with Crippen molar-refractivity contribution in [1.29, 1.82) is 0 Å². The van der Waals surface area contributed by atoms with Crippen LogP contribution in [0.2, 0.25) is 0 Å². The molecule has 1 amide bonds. The second kappa shape index (κ2) is 9.05. The first-order valence-corrected chi connectivity index (χ1v) is 8.59. The number of aliphatic hydroxyl groups is 1. The molecule has 25 heavy (non-hydrogen) atoms. The highest BCUT2D eigenvalue weighted by molar-refractivity contribution is 5.84. The van der Waals surface area contributed by atoms with Crippen LogP contribution in [0.15, 0.2) is 54.6 Å². The van der Waals surface area contributed by atoms with E-state index < -0.39 is 5.92 Å². The highest BCUT2D eigenvalue weighted by Gasteiger charge is 2.21. The van der Waals surface area contributed by atoms with Crippen molar-refractivity contribution >= 4 is 5.91 Å². The minimum Gasteiger partial charge on any atom is -0.395 e. The van der Waals surface area contributed by atoms with Gasteiger partial charge in [-0.2, -0.15) is 0 Å². The molecule has 0 saturated heterocycles. The Labute approximate surface area is 150 Å². The van der Waals surface area contributed by atoms with E-state index in [0.29, 0.717) is 5.92 Å². The van der Waals surface area contributed by atoms with Gasteiger partial charge in [0, 0.05) is 11.5 Å². The Hall–Kier alpha value is -2.57. The van der Waals surface area contributed by atoms with Gasteiger partial charge in [0.25, 0.3) is 0 Å². The Balaban J connectivity index is 2.08. The van der Waals surface area contributed by atoms with E-state index in [-0.39, 0.29) is 18.6 Å². The quantitative estimate of drug-likeness (QED) is 0.820. The maximum Gasteiger partial charge on any atom is 0.230 e. The van der Waals surface area contributed by atoms with Gasteiger partial charge in [-0.3, -0.25) is 4.79 Å². The Bertz CT molecular complexity index is 739. The van der Waals surface area contributed by atoms with Gasteiger partial charge in [-0.25, -0.2) is 0 Å². The van der Waals surface area contributed by atoms with Crippen LogP contribution in [-0.4, -0.2) is 17.6 Å². The number of amides is 1. The molecule has 2 atom stereocenters. The molecule has 2 aromatic carbocycles. The summed E-state index contributed by atoms with van der Waals surface area (Å²) in [6.07, 6.45) is 0. The molecule has 0 heterocycles. The third kappa shape index (κ3) is 5.48. The summed E-state index contributed by atoms with van der Waals surface area (Å²) in [5.74, 6) is 5.76. The fourth-order valence-electron chi connectivity index (χ4n) is 2.51. The van der Waals surface area contributed by atoms with Crippen molar-refractivity contribution in [2.45, 2.75) is 32.7 Å². The summed E-state index contributed by atoms with van der Waals surface area (Å²) >= 11 is 0. The van der Waals surface area contributed by atoms with Gasteiger partial charge in [0.15, 0.2) is 0 Å². The smallest absolute Gasteiger partial charge is 0.230 e. The predicted octanol–water partition coefficient (Wildman–Crippen LogP) is 3.65. The topological polar surface area (TPSA) is 49.3 Å². The van der Waals surface area contributed by atoms with Crippen LogP contribution in [0.1, 0.15) is 49.4 Å². The second-order valence-corrected chi connectivity index (χ2v) is 6.42. The van der Waals surface area contributed by atoms with Crippen LogP contribution in [0.25, 0.3) is 0 Å². The average Bonchev–Trinajstić information content (AvgIpc) is 2.62. The van der Waals surface area contributed by atoms with Crippen LogP contribution < -0.4 is 5.32 Å². The number of hydrogen-bond donors (Lipinski definition) is 2. The standard InChI is InChI=1S/C22H25NO2/c1-16(2)9-10-18-11-13-20(14-12-18)21(15-24)22(25)23-17(3)19-7-5-4-6-8-19/h4-8,11-14,16-17,21,24H,15H2,1-3H3,(H,23,25)/t17-,21-/m1/s1. The molecule has 2 rings (SSSR count). The van der Waals surface area contributed by atoms with Crippen LogP contribution in [0.3, 0.4) is 0 Å². The predicted molar refractivity (Wildman–Crippen MR) is 101 cm³/mol. The van der Waals surface area contributed by atoms with Crippen molar-refractivity contribution in [3.63, 3.8) is 0 Å². The Morgan fingerprint density at radius 2 is 1.64 bits per heavy atom. The van der Waals surface area contributed by atoms with Crippen molar-refractivity contribution in [2.75, 3.05) is 6.61 Å². The summed E-state index contributed by atoms with van der Waals surface area (Å²) in [7, 11) is 0. The maximum absolute atomic E-state index is 12.6. The molecule has 0 unspecified atom stereocenters. The molecule has 130 valence electrons. The van der Waals surface area contributed by atoms with E-state index in [1.807, 2.05) is 75.4 Å². The van der Waals surface area contributed by atoms with Crippen molar-refractivity contribution < 1.29 is 9.90 Å². The summed E-state index contributed by atoms with van der Waals surface area (Å²) in [5.41, 5.74) is 2.73. The first-order chi connectivity index (χ1) is 12.0. The van der Waals surface area contributed by atoms with Crippen molar-refractivity contribution in [1.82, 2.24) is 5.32 Å². The molecule has 2 N–H and O–H groups in total. The number of carbonyl (C=O) groups excluding carboxylic acids is 1. The second-order valence-electron chi connectivity index (χ2n) is 6.42. The number of benzene rings is 2. The number of nitrogens with one attached hydrogen (secondary N) is 1. The molecule has 0 saturated carbocycles. The van der Waals surface area contributed by atoms with Gasteiger partial charge in [0.1, 0.15) is 0 Å². The first kappa shape index (κ1) is 18.8. The fraction of sp³-hybridized carbons (Fsp3) is 0.318. The Morgan fingerprint density at radius 3 is 2.20 bits per heavy atom.